The van der Waals surface area contributed by atoms with Crippen LogP contribution in [0.5, 0.6) is 0 Å². The molecule has 0 aliphatic rings. The molecule has 5 heteroatoms. The number of ketones is 1. The average molecular weight is 335 g/mol. The Labute approximate surface area is 147 Å². The Balaban J connectivity index is 1.37. The summed E-state index contributed by atoms with van der Waals surface area (Å²) in [5.41, 5.74) is 1.97. The lowest BCUT2D eigenvalue weighted by molar-refractivity contribution is 0.0936. The van der Waals surface area contributed by atoms with Gasteiger partial charge in [-0.2, -0.15) is 4.98 Å². The monoisotopic (exact) mass is 335 g/mol. The number of Topliss-reactive ketones (excluding diaryl/α,β-unsaturated/α-hetero) is 1. The summed E-state index contributed by atoms with van der Waals surface area (Å²) in [6.45, 7) is 0. The van der Waals surface area contributed by atoms with Crippen LogP contribution in [0.1, 0.15) is 48.4 Å². The van der Waals surface area contributed by atoms with Gasteiger partial charge < -0.3 is 4.52 Å². The molecule has 0 saturated heterocycles. The predicted molar refractivity (Wildman–Crippen MR) is 95.1 cm³/mol. The summed E-state index contributed by atoms with van der Waals surface area (Å²) < 4.78 is 5.07. The van der Waals surface area contributed by atoms with E-state index in [9.17, 15) is 4.79 Å². The van der Waals surface area contributed by atoms with Gasteiger partial charge in [-0.05, 0) is 37.0 Å². The zero-order chi connectivity index (χ0) is 17.3. The molecule has 128 valence electrons. The third kappa shape index (κ3) is 5.08. The normalized spacial score (nSPS) is 10.7. The van der Waals surface area contributed by atoms with Crippen LogP contribution in [0.4, 0.5) is 0 Å². The fraction of sp³-hybridized carbons (Fsp3) is 0.300. The van der Waals surface area contributed by atoms with Gasteiger partial charge in [0.1, 0.15) is 5.69 Å². The minimum atomic E-state index is -0.0993. The number of aryl methyl sites for hydroxylation is 1. The van der Waals surface area contributed by atoms with Crippen molar-refractivity contribution in [2.75, 3.05) is 0 Å². The highest BCUT2D eigenvalue weighted by Crippen LogP contribution is 2.14. The first-order chi connectivity index (χ1) is 12.3. The first-order valence-electron chi connectivity index (χ1n) is 8.65. The van der Waals surface area contributed by atoms with Crippen molar-refractivity contribution in [3.8, 4) is 11.5 Å². The van der Waals surface area contributed by atoms with Crippen molar-refractivity contribution in [2.24, 2.45) is 0 Å². The number of hydrogen-bond acceptors (Lipinski definition) is 5. The number of aromatic nitrogens is 3. The summed E-state index contributed by atoms with van der Waals surface area (Å²) in [6, 6.07) is 15.9. The second-order valence-electron chi connectivity index (χ2n) is 5.96. The number of pyridine rings is 1. The summed E-state index contributed by atoms with van der Waals surface area (Å²) in [5.74, 6) is 0.328. The van der Waals surface area contributed by atoms with Crippen LogP contribution in [0.15, 0.2) is 59.3 Å². The number of hydrogen-bond donors (Lipinski definition) is 0. The lowest BCUT2D eigenvalue weighted by Gasteiger charge is -2.01. The zero-order valence-electron chi connectivity index (χ0n) is 14.1. The van der Waals surface area contributed by atoms with E-state index in [0.29, 0.717) is 17.9 Å². The lowest BCUT2D eigenvalue weighted by Crippen LogP contribution is -1.99. The number of carbonyl (C=O) groups is 1. The topological polar surface area (TPSA) is 68.9 Å². The molecular formula is C20H21N3O2. The van der Waals surface area contributed by atoms with Crippen LogP contribution in [0.2, 0.25) is 0 Å². The van der Waals surface area contributed by atoms with E-state index in [1.165, 1.54) is 5.56 Å². The minimum Gasteiger partial charge on any atom is -0.330 e. The molecule has 25 heavy (non-hydrogen) atoms. The molecule has 0 aliphatic heterocycles. The third-order valence-corrected chi connectivity index (χ3v) is 4.02. The zero-order valence-corrected chi connectivity index (χ0v) is 14.1. The Kier molecular flexibility index (Phi) is 6.04. The first-order valence-corrected chi connectivity index (χ1v) is 8.65. The molecule has 3 rings (SSSR count). The summed E-state index contributed by atoms with van der Waals surface area (Å²) >= 11 is 0. The van der Waals surface area contributed by atoms with Gasteiger partial charge in [-0.15, -0.1) is 0 Å². The van der Waals surface area contributed by atoms with Gasteiger partial charge >= 0.3 is 0 Å². The average Bonchev–Trinajstić information content (AvgIpc) is 3.16. The summed E-state index contributed by atoms with van der Waals surface area (Å²) in [4.78, 5) is 20.4. The van der Waals surface area contributed by atoms with Crippen molar-refractivity contribution in [3.05, 3.63) is 66.2 Å². The summed E-state index contributed by atoms with van der Waals surface area (Å²) in [5, 5.41) is 3.83. The number of unbranched alkanes of at least 4 members (excludes halogenated alkanes) is 3. The standard InChI is InChI=1S/C20H21N3O2/c24-18(14-7-2-1-4-10-16-11-5-3-6-12-16)20-22-19(23-25-20)17-13-8-9-15-21-17/h3,5-6,8-9,11-13,15H,1-2,4,7,10,14H2. The minimum absolute atomic E-state index is 0.0740. The second kappa shape index (κ2) is 8.87. The van der Waals surface area contributed by atoms with Crippen LogP contribution < -0.4 is 0 Å². The van der Waals surface area contributed by atoms with Gasteiger partial charge in [-0.1, -0.05) is 54.4 Å². The summed E-state index contributed by atoms with van der Waals surface area (Å²) in [7, 11) is 0. The molecule has 0 spiro atoms. The highest BCUT2D eigenvalue weighted by molar-refractivity contribution is 5.91. The van der Waals surface area contributed by atoms with Crippen molar-refractivity contribution < 1.29 is 9.32 Å². The quantitative estimate of drug-likeness (QED) is 0.425. The van der Waals surface area contributed by atoms with E-state index in [-0.39, 0.29) is 11.7 Å². The lowest BCUT2D eigenvalue weighted by atomic mass is 10.0. The fourth-order valence-electron chi connectivity index (χ4n) is 2.66. The molecule has 5 nitrogen and oxygen atoms in total. The molecule has 1 aromatic carbocycles. The molecule has 0 fully saturated rings. The third-order valence-electron chi connectivity index (χ3n) is 4.02. The van der Waals surface area contributed by atoms with E-state index in [4.69, 9.17) is 4.52 Å². The molecule has 0 unspecified atom stereocenters. The Bertz CT molecular complexity index is 785. The maximum absolute atomic E-state index is 12.1. The van der Waals surface area contributed by atoms with Gasteiger partial charge in [0.15, 0.2) is 0 Å². The Hall–Kier alpha value is -2.82. The smallest absolute Gasteiger partial charge is 0.294 e. The van der Waals surface area contributed by atoms with Crippen LogP contribution in [0, 0.1) is 0 Å². The molecule has 0 saturated carbocycles. The Morgan fingerprint density at radius 3 is 2.52 bits per heavy atom. The first kappa shape index (κ1) is 17.0. The molecule has 0 aliphatic carbocycles. The van der Waals surface area contributed by atoms with Crippen molar-refractivity contribution in [1.29, 1.82) is 0 Å². The van der Waals surface area contributed by atoms with Crippen molar-refractivity contribution in [2.45, 2.75) is 38.5 Å². The van der Waals surface area contributed by atoms with Crippen LogP contribution in [-0.4, -0.2) is 20.9 Å². The van der Waals surface area contributed by atoms with Crippen molar-refractivity contribution >= 4 is 5.78 Å². The maximum atomic E-state index is 12.1. The largest absolute Gasteiger partial charge is 0.330 e. The highest BCUT2D eigenvalue weighted by Gasteiger charge is 2.16. The van der Waals surface area contributed by atoms with Crippen molar-refractivity contribution in [1.82, 2.24) is 15.1 Å². The van der Waals surface area contributed by atoms with Crippen molar-refractivity contribution in [3.63, 3.8) is 0 Å². The number of nitrogens with zero attached hydrogens (tertiary/aromatic N) is 3. The molecule has 0 atom stereocenters. The number of benzene rings is 1. The van der Waals surface area contributed by atoms with Crippen LogP contribution in [-0.2, 0) is 6.42 Å². The van der Waals surface area contributed by atoms with E-state index in [2.05, 4.69) is 39.4 Å². The maximum Gasteiger partial charge on any atom is 0.294 e. The van der Waals surface area contributed by atoms with Crippen LogP contribution in [0.3, 0.4) is 0 Å². The van der Waals surface area contributed by atoms with Gasteiger partial charge in [-0.25, -0.2) is 0 Å². The van der Waals surface area contributed by atoms with Gasteiger partial charge in [0.05, 0.1) is 0 Å². The van der Waals surface area contributed by atoms with Crippen LogP contribution >= 0.6 is 0 Å². The highest BCUT2D eigenvalue weighted by atomic mass is 16.5. The molecule has 0 bridgehead atoms. The van der Waals surface area contributed by atoms with E-state index in [1.807, 2.05) is 18.2 Å². The molecule has 0 amide bonds. The molecule has 2 heterocycles. The van der Waals surface area contributed by atoms with E-state index >= 15 is 0 Å². The van der Waals surface area contributed by atoms with Gasteiger partial charge in [0, 0.05) is 12.6 Å². The molecule has 0 radical (unpaired) electrons. The number of carbonyl (C=O) groups excluding carboxylic acids is 1. The fourth-order valence-corrected chi connectivity index (χ4v) is 2.66. The van der Waals surface area contributed by atoms with Gasteiger partial charge in [0.2, 0.25) is 11.6 Å². The molecule has 2 aromatic heterocycles. The van der Waals surface area contributed by atoms with E-state index in [0.717, 1.165) is 32.1 Å². The Morgan fingerprint density at radius 2 is 1.72 bits per heavy atom. The van der Waals surface area contributed by atoms with Gasteiger partial charge in [0.25, 0.3) is 5.89 Å². The molecule has 3 aromatic rings. The summed E-state index contributed by atoms with van der Waals surface area (Å²) in [6.07, 6.45) is 7.31. The Morgan fingerprint density at radius 1 is 0.920 bits per heavy atom. The second-order valence-corrected chi connectivity index (χ2v) is 5.96. The SMILES string of the molecule is O=C(CCCCCCc1ccccc1)c1nc(-c2ccccn2)no1. The van der Waals surface area contributed by atoms with E-state index in [1.54, 1.807) is 12.3 Å². The molecule has 0 N–H and O–H groups in total. The van der Waals surface area contributed by atoms with Gasteiger partial charge in [-0.3, -0.25) is 9.78 Å². The van der Waals surface area contributed by atoms with Crippen LogP contribution in [0.25, 0.3) is 11.5 Å². The predicted octanol–water partition coefficient (Wildman–Crippen LogP) is 4.51. The van der Waals surface area contributed by atoms with E-state index < -0.39 is 0 Å². The number of rotatable bonds is 9. The molecular weight excluding hydrogens is 314 g/mol.